The van der Waals surface area contributed by atoms with Crippen LogP contribution < -0.4 is 4.74 Å². The Morgan fingerprint density at radius 1 is 1.14 bits per heavy atom. The van der Waals surface area contributed by atoms with Crippen LogP contribution in [0.1, 0.15) is 12.8 Å². The molecule has 1 aromatic rings. The highest BCUT2D eigenvalue weighted by atomic mass is 32.2. The molecule has 2 fully saturated rings. The lowest BCUT2D eigenvalue weighted by Crippen LogP contribution is -2.61. The Balaban J connectivity index is 0.000000404. The number of alkyl halides is 6. The largest absolute Gasteiger partial charge is 0.490 e. The fourth-order valence-electron chi connectivity index (χ4n) is 3.02. The minimum absolute atomic E-state index is 0.0385. The zero-order chi connectivity index (χ0) is 28.6. The molecule has 0 aliphatic carbocycles. The number of hydrogen-bond donors (Lipinski definition) is 2. The third-order valence-corrected chi connectivity index (χ3v) is 6.32. The predicted octanol–water partition coefficient (Wildman–Crippen LogP) is 2.90. The number of carboxylic acid groups (broad SMARTS) is 2. The molecular weight excluding hydrogens is 543 g/mol. The molecule has 3 rings (SSSR count). The zero-order valence-electron chi connectivity index (χ0n) is 19.5. The topological polar surface area (TPSA) is 120 Å². The van der Waals surface area contributed by atoms with Gasteiger partial charge in [-0.05, 0) is 26.2 Å². The molecule has 0 aromatic carbocycles. The molecule has 0 saturated carbocycles. The first kappa shape index (κ1) is 32.2. The molecule has 210 valence electrons. The number of pyridine rings is 1. The third-order valence-electron chi connectivity index (χ3n) is 4.75. The second kappa shape index (κ2) is 13.1. The predicted molar refractivity (Wildman–Crippen MR) is 116 cm³/mol. The Hall–Kier alpha value is -2.82. The molecule has 17 heteroatoms. The van der Waals surface area contributed by atoms with Crippen LogP contribution in [-0.4, -0.2) is 106 Å². The lowest BCUT2D eigenvalue weighted by molar-refractivity contribution is -0.193. The fraction of sp³-hybridized carbons (Fsp3) is 0.600. The van der Waals surface area contributed by atoms with E-state index < -0.39 is 30.1 Å². The van der Waals surface area contributed by atoms with E-state index in [1.165, 1.54) is 12.3 Å². The second-order valence-corrected chi connectivity index (χ2v) is 9.63. The van der Waals surface area contributed by atoms with Crippen molar-refractivity contribution in [3.8, 4) is 5.88 Å². The molecule has 2 N–H and O–H groups in total. The van der Waals surface area contributed by atoms with E-state index in [-0.39, 0.29) is 22.6 Å². The number of ether oxygens (including phenoxy) is 1. The Bertz CT molecular complexity index is 916. The highest BCUT2D eigenvalue weighted by Gasteiger charge is 2.51. The van der Waals surface area contributed by atoms with E-state index in [0.717, 1.165) is 31.8 Å². The van der Waals surface area contributed by atoms with Gasteiger partial charge in [-0.25, -0.2) is 19.0 Å². The van der Waals surface area contributed by atoms with Gasteiger partial charge in [0.2, 0.25) is 5.91 Å². The number of halogens is 7. The zero-order valence-corrected chi connectivity index (χ0v) is 20.3. The van der Waals surface area contributed by atoms with Crippen molar-refractivity contribution in [1.29, 1.82) is 0 Å². The highest BCUT2D eigenvalue weighted by molar-refractivity contribution is 8.01. The number of carbonyl (C=O) groups excluding carboxylic acids is 1. The van der Waals surface area contributed by atoms with E-state index in [4.69, 9.17) is 24.5 Å². The molecule has 1 spiro atoms. The molecule has 1 amide bonds. The van der Waals surface area contributed by atoms with Gasteiger partial charge in [0.25, 0.3) is 5.88 Å². The molecule has 9 nitrogen and oxygen atoms in total. The summed E-state index contributed by atoms with van der Waals surface area (Å²) in [6.45, 7) is 2.32. The normalized spacial score (nSPS) is 18.2. The van der Waals surface area contributed by atoms with Gasteiger partial charge in [-0.2, -0.15) is 26.3 Å². The van der Waals surface area contributed by atoms with Gasteiger partial charge < -0.3 is 24.7 Å². The summed E-state index contributed by atoms with van der Waals surface area (Å²) in [6.07, 6.45) is -7.27. The van der Waals surface area contributed by atoms with Crippen molar-refractivity contribution in [1.82, 2.24) is 14.8 Å². The number of hydrogen-bond acceptors (Lipinski definition) is 7. The Morgan fingerprint density at radius 3 is 2.08 bits per heavy atom. The number of aliphatic carboxylic acids is 2. The number of thioether (sulfide) groups is 1. The van der Waals surface area contributed by atoms with Crippen LogP contribution in [0, 0.1) is 5.82 Å². The van der Waals surface area contributed by atoms with Gasteiger partial charge in [-0.3, -0.25) is 4.79 Å². The number of amides is 1. The molecule has 2 saturated heterocycles. The lowest BCUT2D eigenvalue weighted by Gasteiger charge is -2.47. The number of likely N-dealkylation sites (tertiary alicyclic amines) is 1. The van der Waals surface area contributed by atoms with Crippen molar-refractivity contribution >= 4 is 29.6 Å². The number of carboxylic acids is 2. The quantitative estimate of drug-likeness (QED) is 0.518. The molecule has 0 bridgehead atoms. The molecule has 1 aromatic heterocycles. The summed E-state index contributed by atoms with van der Waals surface area (Å²) in [5.74, 6) is -4.83. The molecule has 2 aliphatic rings. The van der Waals surface area contributed by atoms with E-state index >= 15 is 0 Å². The molecule has 2 aliphatic heterocycles. The van der Waals surface area contributed by atoms with Crippen LogP contribution in [0.4, 0.5) is 30.7 Å². The standard InChI is InChI=1S/C16H22FN3O2S.2C2HF3O2/c1-19(2)7-5-14(21)20-10-16(11-20)8-12(9-23-16)22-15-13(17)4-3-6-18-15;2*3-2(4,5)1(6)7/h3-4,6,12H,5,7-11H2,1-2H3;2*(H,6,7). The van der Waals surface area contributed by atoms with Crippen LogP contribution in [-0.2, 0) is 14.4 Å². The van der Waals surface area contributed by atoms with Crippen LogP contribution in [0.3, 0.4) is 0 Å². The van der Waals surface area contributed by atoms with Gasteiger partial charge in [0.1, 0.15) is 6.10 Å². The van der Waals surface area contributed by atoms with Gasteiger partial charge in [0, 0.05) is 44.4 Å². The van der Waals surface area contributed by atoms with Crippen LogP contribution in [0.2, 0.25) is 0 Å². The van der Waals surface area contributed by atoms with Crippen molar-refractivity contribution in [2.24, 2.45) is 0 Å². The van der Waals surface area contributed by atoms with Gasteiger partial charge in [0.15, 0.2) is 5.82 Å². The molecule has 3 heterocycles. The van der Waals surface area contributed by atoms with E-state index in [9.17, 15) is 35.5 Å². The van der Waals surface area contributed by atoms with Crippen molar-refractivity contribution in [2.75, 3.05) is 39.5 Å². The summed E-state index contributed by atoms with van der Waals surface area (Å²) in [7, 11) is 3.94. The second-order valence-electron chi connectivity index (χ2n) is 8.14. The maximum Gasteiger partial charge on any atom is 0.490 e. The van der Waals surface area contributed by atoms with E-state index in [2.05, 4.69) is 4.98 Å². The van der Waals surface area contributed by atoms with E-state index in [0.29, 0.717) is 6.42 Å². The van der Waals surface area contributed by atoms with E-state index in [1.807, 2.05) is 35.7 Å². The minimum atomic E-state index is -5.08. The summed E-state index contributed by atoms with van der Waals surface area (Å²) in [6, 6.07) is 2.91. The van der Waals surface area contributed by atoms with Crippen molar-refractivity contribution < 1.29 is 60.1 Å². The lowest BCUT2D eigenvalue weighted by atomic mass is 9.92. The first-order valence-corrected chi connectivity index (χ1v) is 11.3. The third kappa shape index (κ3) is 11.0. The van der Waals surface area contributed by atoms with Crippen molar-refractivity contribution in [3.05, 3.63) is 24.1 Å². The monoisotopic (exact) mass is 567 g/mol. The van der Waals surface area contributed by atoms with Gasteiger partial charge in [0.05, 0.1) is 4.75 Å². The van der Waals surface area contributed by atoms with Crippen LogP contribution >= 0.6 is 11.8 Å². The van der Waals surface area contributed by atoms with Gasteiger partial charge in [-0.15, -0.1) is 11.8 Å². The van der Waals surface area contributed by atoms with Gasteiger partial charge in [-0.1, -0.05) is 0 Å². The Kier molecular flexibility index (Phi) is 11.4. The Labute approximate surface area is 210 Å². The fourth-order valence-corrected chi connectivity index (χ4v) is 4.54. The van der Waals surface area contributed by atoms with Crippen molar-refractivity contribution in [2.45, 2.75) is 36.0 Å². The number of aromatic nitrogens is 1. The number of carbonyl (C=O) groups is 3. The van der Waals surface area contributed by atoms with Gasteiger partial charge >= 0.3 is 24.3 Å². The molecule has 1 unspecified atom stereocenters. The molecular formula is C20H24F7N3O6S. The summed E-state index contributed by atoms with van der Waals surface area (Å²) in [5.41, 5.74) is 0. The SMILES string of the molecule is CN(C)CCC(=O)N1CC2(CC(Oc3ncccc3F)CS2)C1.O=C(O)C(F)(F)F.O=C(O)C(F)(F)F. The smallest absolute Gasteiger partial charge is 0.475 e. The molecule has 1 atom stereocenters. The maximum atomic E-state index is 13.6. The number of nitrogens with zero attached hydrogens (tertiary/aromatic N) is 3. The van der Waals surface area contributed by atoms with Crippen molar-refractivity contribution in [3.63, 3.8) is 0 Å². The first-order chi connectivity index (χ1) is 16.9. The summed E-state index contributed by atoms with van der Waals surface area (Å²) in [5, 5.41) is 14.2. The highest BCUT2D eigenvalue weighted by Crippen LogP contribution is 2.46. The Morgan fingerprint density at radius 2 is 1.65 bits per heavy atom. The van der Waals surface area contributed by atoms with Crippen LogP contribution in [0.25, 0.3) is 0 Å². The summed E-state index contributed by atoms with van der Waals surface area (Å²) < 4.78 is 82.9. The minimum Gasteiger partial charge on any atom is -0.475 e. The van der Waals surface area contributed by atoms with E-state index in [1.54, 1.807) is 6.07 Å². The van der Waals surface area contributed by atoms with Crippen LogP contribution in [0.15, 0.2) is 18.3 Å². The van der Waals surface area contributed by atoms with Crippen LogP contribution in [0.5, 0.6) is 5.88 Å². The molecule has 0 radical (unpaired) electrons. The summed E-state index contributed by atoms with van der Waals surface area (Å²) in [4.78, 5) is 37.8. The number of rotatable bonds is 5. The first-order valence-electron chi connectivity index (χ1n) is 10.3. The summed E-state index contributed by atoms with van der Waals surface area (Å²) >= 11 is 1.83. The maximum absolute atomic E-state index is 13.6. The average Bonchev–Trinajstić information content (AvgIpc) is 3.16. The average molecular weight is 567 g/mol. The molecule has 37 heavy (non-hydrogen) atoms.